The van der Waals surface area contributed by atoms with E-state index in [1.165, 1.54) is 18.2 Å². The molecule has 1 aromatic heterocycles. The van der Waals surface area contributed by atoms with E-state index in [1.807, 2.05) is 0 Å². The van der Waals surface area contributed by atoms with E-state index in [9.17, 15) is 13.6 Å². The normalized spacial score (nSPS) is 10.2. The van der Waals surface area contributed by atoms with Gasteiger partial charge in [0.25, 0.3) is 0 Å². The van der Waals surface area contributed by atoms with Crippen LogP contribution in [0, 0.1) is 11.6 Å². The van der Waals surface area contributed by atoms with Crippen molar-refractivity contribution in [2.24, 2.45) is 0 Å². The molecule has 2 aromatic rings. The van der Waals surface area contributed by atoms with E-state index in [2.05, 4.69) is 5.32 Å². The lowest BCUT2D eigenvalue weighted by Gasteiger charge is -2.03. The molecule has 0 saturated heterocycles. The minimum atomic E-state index is -1.22. The number of rotatable bonds is 3. The highest BCUT2D eigenvalue weighted by atomic mass is 19.1. The van der Waals surface area contributed by atoms with Crippen molar-refractivity contribution >= 4 is 17.5 Å². The zero-order valence-corrected chi connectivity index (χ0v) is 8.41. The molecule has 1 heterocycles. The summed E-state index contributed by atoms with van der Waals surface area (Å²) in [5, 5.41) is 11.1. The third-order valence-corrected chi connectivity index (χ3v) is 2.01. The van der Waals surface area contributed by atoms with Crippen LogP contribution >= 0.6 is 0 Å². The summed E-state index contributed by atoms with van der Waals surface area (Å²) in [6.07, 6.45) is 0. The molecule has 0 radical (unpaired) electrons. The molecule has 0 aliphatic heterocycles. The molecule has 0 atom stereocenters. The highest BCUT2D eigenvalue weighted by Crippen LogP contribution is 2.22. The Morgan fingerprint density at radius 2 is 2.00 bits per heavy atom. The number of hydrogen-bond donors (Lipinski definition) is 2. The van der Waals surface area contributed by atoms with Crippen molar-refractivity contribution in [2.75, 3.05) is 5.32 Å². The van der Waals surface area contributed by atoms with Crippen LogP contribution in [0.3, 0.4) is 0 Å². The van der Waals surface area contributed by atoms with Crippen LogP contribution in [0.15, 0.2) is 34.7 Å². The molecule has 0 spiro atoms. The number of halogens is 2. The largest absolute Gasteiger partial charge is 0.475 e. The van der Waals surface area contributed by atoms with Crippen molar-refractivity contribution in [3.8, 4) is 0 Å². The number of carboxylic acid groups (broad SMARTS) is 1. The van der Waals surface area contributed by atoms with Gasteiger partial charge in [0.05, 0.1) is 5.69 Å². The minimum Gasteiger partial charge on any atom is -0.475 e. The lowest BCUT2D eigenvalue weighted by atomic mass is 10.3. The Morgan fingerprint density at radius 3 is 2.59 bits per heavy atom. The van der Waals surface area contributed by atoms with E-state index in [1.54, 1.807) is 0 Å². The first-order chi connectivity index (χ1) is 8.06. The van der Waals surface area contributed by atoms with Crippen LogP contribution in [0.5, 0.6) is 0 Å². The van der Waals surface area contributed by atoms with Gasteiger partial charge in [0.15, 0.2) is 5.88 Å². The number of aromatic carboxylic acids is 1. The fourth-order valence-corrected chi connectivity index (χ4v) is 1.24. The average molecular weight is 239 g/mol. The van der Waals surface area contributed by atoms with Crippen LogP contribution in [0.4, 0.5) is 20.4 Å². The van der Waals surface area contributed by atoms with Gasteiger partial charge in [0.2, 0.25) is 5.76 Å². The molecule has 0 aliphatic rings. The maximum atomic E-state index is 13.2. The molecule has 0 saturated carbocycles. The predicted molar refractivity (Wildman–Crippen MR) is 55.3 cm³/mol. The van der Waals surface area contributed by atoms with E-state index < -0.39 is 17.6 Å². The minimum absolute atomic E-state index is 0.00214. The zero-order chi connectivity index (χ0) is 12.4. The second-order valence-electron chi connectivity index (χ2n) is 3.22. The summed E-state index contributed by atoms with van der Waals surface area (Å²) in [6.45, 7) is 0. The summed E-state index contributed by atoms with van der Waals surface area (Å²) in [5.74, 6) is -2.92. The molecule has 4 nitrogen and oxygen atoms in total. The van der Waals surface area contributed by atoms with Crippen molar-refractivity contribution in [1.82, 2.24) is 0 Å². The molecule has 1 aromatic carbocycles. The van der Waals surface area contributed by atoms with Crippen LogP contribution in [-0.2, 0) is 0 Å². The Bertz CT molecular complexity index is 566. The summed E-state index contributed by atoms with van der Waals surface area (Å²) < 4.78 is 30.7. The Labute approximate surface area is 94.5 Å². The number of carbonyl (C=O) groups is 1. The summed E-state index contributed by atoms with van der Waals surface area (Å²) in [5.41, 5.74) is -0.00214. The van der Waals surface area contributed by atoms with Crippen LogP contribution in [0.2, 0.25) is 0 Å². The summed E-state index contributed by atoms with van der Waals surface area (Å²) in [6, 6.07) is 5.54. The lowest BCUT2D eigenvalue weighted by Crippen LogP contribution is -1.94. The predicted octanol–water partition coefficient (Wildman–Crippen LogP) is 3.00. The highest BCUT2D eigenvalue weighted by Gasteiger charge is 2.10. The number of hydrogen-bond acceptors (Lipinski definition) is 3. The smallest absolute Gasteiger partial charge is 0.371 e. The molecule has 17 heavy (non-hydrogen) atoms. The van der Waals surface area contributed by atoms with Gasteiger partial charge in [-0.15, -0.1) is 0 Å². The van der Waals surface area contributed by atoms with Gasteiger partial charge < -0.3 is 14.8 Å². The molecule has 0 fully saturated rings. The van der Waals surface area contributed by atoms with E-state index in [-0.39, 0.29) is 17.3 Å². The maximum Gasteiger partial charge on any atom is 0.371 e. The maximum absolute atomic E-state index is 13.2. The Hall–Kier alpha value is -2.37. The lowest BCUT2D eigenvalue weighted by molar-refractivity contribution is 0.0663. The molecule has 0 unspecified atom stereocenters. The van der Waals surface area contributed by atoms with E-state index in [4.69, 9.17) is 9.52 Å². The standard InChI is InChI=1S/C11H7F2NO3/c12-6-1-2-8(7(13)5-6)14-10-4-3-9(17-10)11(15)16/h1-5,14H,(H,15,16). The SMILES string of the molecule is O=C(O)c1ccc(Nc2ccc(F)cc2F)o1. The fraction of sp³-hybridized carbons (Fsp3) is 0. The molecule has 0 amide bonds. The van der Waals surface area contributed by atoms with Crippen LogP contribution in [0.1, 0.15) is 10.6 Å². The Morgan fingerprint density at radius 1 is 1.24 bits per heavy atom. The first-order valence-corrected chi connectivity index (χ1v) is 4.61. The monoisotopic (exact) mass is 239 g/mol. The number of anilines is 2. The van der Waals surface area contributed by atoms with Crippen molar-refractivity contribution in [2.45, 2.75) is 0 Å². The number of benzene rings is 1. The Kier molecular flexibility index (Phi) is 2.78. The highest BCUT2D eigenvalue weighted by molar-refractivity contribution is 5.85. The van der Waals surface area contributed by atoms with E-state index in [0.29, 0.717) is 6.07 Å². The fourth-order valence-electron chi connectivity index (χ4n) is 1.24. The van der Waals surface area contributed by atoms with Crippen LogP contribution < -0.4 is 5.32 Å². The number of furan rings is 1. The van der Waals surface area contributed by atoms with E-state index in [0.717, 1.165) is 6.07 Å². The van der Waals surface area contributed by atoms with Crippen molar-refractivity contribution in [1.29, 1.82) is 0 Å². The van der Waals surface area contributed by atoms with E-state index >= 15 is 0 Å². The Balaban J connectivity index is 2.22. The number of nitrogens with one attached hydrogen (secondary N) is 1. The topological polar surface area (TPSA) is 62.5 Å². The molecule has 88 valence electrons. The van der Waals surface area contributed by atoms with Crippen molar-refractivity contribution in [3.05, 3.63) is 47.7 Å². The van der Waals surface area contributed by atoms with Gasteiger partial charge >= 0.3 is 5.97 Å². The summed E-state index contributed by atoms with van der Waals surface area (Å²) in [4.78, 5) is 10.5. The van der Waals surface area contributed by atoms with Gasteiger partial charge in [-0.25, -0.2) is 13.6 Å². The molecular formula is C11H7F2NO3. The first-order valence-electron chi connectivity index (χ1n) is 4.61. The third kappa shape index (κ3) is 2.41. The average Bonchev–Trinajstić information content (AvgIpc) is 2.71. The molecule has 2 rings (SSSR count). The summed E-state index contributed by atoms with van der Waals surface area (Å²) >= 11 is 0. The van der Waals surface area contributed by atoms with Gasteiger partial charge in [-0.3, -0.25) is 0 Å². The molecule has 6 heteroatoms. The van der Waals surface area contributed by atoms with Gasteiger partial charge in [0.1, 0.15) is 11.6 Å². The third-order valence-electron chi connectivity index (χ3n) is 2.01. The van der Waals surface area contributed by atoms with Crippen LogP contribution in [0.25, 0.3) is 0 Å². The van der Waals surface area contributed by atoms with Gasteiger partial charge in [0, 0.05) is 12.1 Å². The second kappa shape index (κ2) is 4.25. The van der Waals surface area contributed by atoms with Gasteiger partial charge in [-0.2, -0.15) is 0 Å². The first kappa shape index (κ1) is 11.1. The van der Waals surface area contributed by atoms with Gasteiger partial charge in [-0.1, -0.05) is 0 Å². The molecular weight excluding hydrogens is 232 g/mol. The zero-order valence-electron chi connectivity index (χ0n) is 8.41. The van der Waals surface area contributed by atoms with Crippen molar-refractivity contribution < 1.29 is 23.1 Å². The van der Waals surface area contributed by atoms with Crippen LogP contribution in [-0.4, -0.2) is 11.1 Å². The second-order valence-corrected chi connectivity index (χ2v) is 3.22. The number of carboxylic acids is 1. The quantitative estimate of drug-likeness (QED) is 0.864. The molecule has 2 N–H and O–H groups in total. The molecule has 0 aliphatic carbocycles. The van der Waals surface area contributed by atoms with Crippen molar-refractivity contribution in [3.63, 3.8) is 0 Å². The van der Waals surface area contributed by atoms with Gasteiger partial charge in [-0.05, 0) is 18.2 Å². The summed E-state index contributed by atoms with van der Waals surface area (Å²) in [7, 11) is 0. The molecule has 0 bridgehead atoms.